The second kappa shape index (κ2) is 7.32. The number of H-pyrrole nitrogens is 1. The van der Waals surface area contributed by atoms with Crippen LogP contribution in [0.5, 0.6) is 5.75 Å². The molecular weight excluding hydrogens is 409 g/mol. The van der Waals surface area contributed by atoms with Gasteiger partial charge >= 0.3 is 0 Å². The minimum atomic E-state index is -0.849. The van der Waals surface area contributed by atoms with E-state index in [1.54, 1.807) is 18.3 Å². The molecule has 4 rings (SSSR count). The third kappa shape index (κ3) is 3.57. The van der Waals surface area contributed by atoms with Crippen molar-refractivity contribution in [3.8, 4) is 17.0 Å². The van der Waals surface area contributed by atoms with Gasteiger partial charge in [-0.3, -0.25) is 15.8 Å². The van der Waals surface area contributed by atoms with Crippen LogP contribution in [0.4, 0.5) is 0 Å². The number of rotatable bonds is 4. The molecule has 0 fully saturated rings. The van der Waals surface area contributed by atoms with E-state index in [2.05, 4.69) is 20.2 Å². The Morgan fingerprint density at radius 3 is 2.48 bits per heavy atom. The fourth-order valence-corrected chi connectivity index (χ4v) is 3.39. The van der Waals surface area contributed by atoms with E-state index in [0.717, 1.165) is 22.2 Å². The standard InChI is InChI=1S/C18H12Cl3N5O/c19-12-7-23-8-13(20)16(12)18(22)27-10-2-3-14-11(5-10)17(26-25-14)9-1-4-15(21)24-6-9/h1-8,18H,22H2,(H,25,26)/t18-/m0/s1. The van der Waals surface area contributed by atoms with Crippen molar-refractivity contribution in [2.45, 2.75) is 6.23 Å². The van der Waals surface area contributed by atoms with E-state index in [9.17, 15) is 0 Å². The molecule has 0 aliphatic carbocycles. The summed E-state index contributed by atoms with van der Waals surface area (Å²) >= 11 is 18.2. The summed E-state index contributed by atoms with van der Waals surface area (Å²) in [5.74, 6) is 0.545. The largest absolute Gasteiger partial charge is 0.471 e. The van der Waals surface area contributed by atoms with Crippen molar-refractivity contribution in [2.75, 3.05) is 0 Å². The molecule has 136 valence electrons. The molecule has 6 nitrogen and oxygen atoms in total. The van der Waals surface area contributed by atoms with Crippen molar-refractivity contribution in [1.82, 2.24) is 20.2 Å². The Kier molecular flexibility index (Phi) is 4.88. The minimum Gasteiger partial charge on any atom is -0.471 e. The van der Waals surface area contributed by atoms with E-state index in [0.29, 0.717) is 26.5 Å². The van der Waals surface area contributed by atoms with Gasteiger partial charge in [0.25, 0.3) is 0 Å². The number of ether oxygens (including phenoxy) is 1. The number of fused-ring (bicyclic) bond motifs is 1. The van der Waals surface area contributed by atoms with Crippen molar-refractivity contribution >= 4 is 45.7 Å². The maximum absolute atomic E-state index is 6.15. The average molecular weight is 421 g/mol. The van der Waals surface area contributed by atoms with E-state index in [4.69, 9.17) is 45.3 Å². The number of benzene rings is 1. The first kappa shape index (κ1) is 18.0. The normalized spacial score (nSPS) is 12.3. The summed E-state index contributed by atoms with van der Waals surface area (Å²) in [5.41, 5.74) is 9.03. The molecule has 9 heteroatoms. The van der Waals surface area contributed by atoms with E-state index in [1.807, 2.05) is 18.2 Å². The molecule has 3 aromatic heterocycles. The smallest absolute Gasteiger partial charge is 0.177 e. The molecule has 0 aliphatic heterocycles. The Balaban J connectivity index is 1.69. The number of aromatic amines is 1. The SMILES string of the molecule is N[C@@H](Oc1ccc2[nH]nc(-c3ccc(Cl)nc3)c2c1)c1c(Cl)cncc1Cl. The van der Waals surface area contributed by atoms with E-state index in [1.165, 1.54) is 12.4 Å². The zero-order valence-corrected chi connectivity index (χ0v) is 15.9. The van der Waals surface area contributed by atoms with Crippen LogP contribution in [-0.4, -0.2) is 20.2 Å². The maximum Gasteiger partial charge on any atom is 0.177 e. The topological polar surface area (TPSA) is 89.7 Å². The van der Waals surface area contributed by atoms with Gasteiger partial charge in [-0.25, -0.2) is 4.98 Å². The van der Waals surface area contributed by atoms with Crippen LogP contribution < -0.4 is 10.5 Å². The van der Waals surface area contributed by atoms with Crippen LogP contribution in [-0.2, 0) is 0 Å². The molecule has 1 aromatic carbocycles. The molecule has 0 aliphatic rings. The van der Waals surface area contributed by atoms with Gasteiger partial charge in [-0.1, -0.05) is 34.8 Å². The number of halogens is 3. The molecule has 3 heterocycles. The van der Waals surface area contributed by atoms with Crippen LogP contribution in [0.15, 0.2) is 48.9 Å². The van der Waals surface area contributed by atoms with E-state index in [-0.39, 0.29) is 0 Å². The quantitative estimate of drug-likeness (QED) is 0.357. The lowest BCUT2D eigenvalue weighted by molar-refractivity contribution is 0.214. The first-order valence-corrected chi connectivity index (χ1v) is 8.97. The lowest BCUT2D eigenvalue weighted by atomic mass is 10.1. The molecule has 4 aromatic rings. The fourth-order valence-electron chi connectivity index (χ4n) is 2.70. The molecule has 0 spiro atoms. The molecular formula is C18H12Cl3N5O. The van der Waals surface area contributed by atoms with Crippen molar-refractivity contribution in [1.29, 1.82) is 0 Å². The lowest BCUT2D eigenvalue weighted by Crippen LogP contribution is -2.18. The molecule has 0 saturated carbocycles. The monoisotopic (exact) mass is 419 g/mol. The number of nitrogens with one attached hydrogen (secondary N) is 1. The van der Waals surface area contributed by atoms with Gasteiger partial charge in [-0.15, -0.1) is 0 Å². The fraction of sp³-hybridized carbons (Fsp3) is 0.0556. The number of aromatic nitrogens is 4. The van der Waals surface area contributed by atoms with Crippen molar-refractivity contribution < 1.29 is 4.74 Å². The zero-order chi connectivity index (χ0) is 19.0. The van der Waals surface area contributed by atoms with E-state index >= 15 is 0 Å². The van der Waals surface area contributed by atoms with E-state index < -0.39 is 6.23 Å². The molecule has 1 atom stereocenters. The van der Waals surface area contributed by atoms with Crippen molar-refractivity contribution in [3.05, 3.63) is 69.7 Å². The third-order valence-corrected chi connectivity index (χ3v) is 4.80. The Hall–Kier alpha value is -2.38. The first-order valence-electron chi connectivity index (χ1n) is 7.84. The van der Waals surface area contributed by atoms with Crippen LogP contribution in [0.3, 0.4) is 0 Å². The van der Waals surface area contributed by atoms with Crippen LogP contribution in [0.25, 0.3) is 22.2 Å². The van der Waals surface area contributed by atoms with Gasteiger partial charge in [-0.2, -0.15) is 5.10 Å². The highest BCUT2D eigenvalue weighted by Crippen LogP contribution is 2.33. The van der Waals surface area contributed by atoms with Gasteiger partial charge in [-0.05, 0) is 30.3 Å². The van der Waals surface area contributed by atoms with Crippen LogP contribution in [0.2, 0.25) is 15.2 Å². The molecule has 0 saturated heterocycles. The second-order valence-corrected chi connectivity index (χ2v) is 6.91. The number of pyridine rings is 2. The molecule has 0 bridgehead atoms. The summed E-state index contributed by atoms with van der Waals surface area (Å²) in [6.07, 6.45) is 3.75. The van der Waals surface area contributed by atoms with Crippen molar-refractivity contribution in [3.63, 3.8) is 0 Å². The van der Waals surface area contributed by atoms with Gasteiger partial charge in [0.15, 0.2) is 6.23 Å². The summed E-state index contributed by atoms with van der Waals surface area (Å²) in [6, 6.07) is 9.04. The minimum absolute atomic E-state index is 0.340. The second-order valence-electron chi connectivity index (χ2n) is 5.70. The number of hydrogen-bond acceptors (Lipinski definition) is 5. The number of nitrogens with zero attached hydrogens (tertiary/aromatic N) is 3. The third-order valence-electron chi connectivity index (χ3n) is 3.97. The zero-order valence-electron chi connectivity index (χ0n) is 13.7. The molecule has 0 amide bonds. The van der Waals surface area contributed by atoms with Gasteiger partial charge in [0.2, 0.25) is 0 Å². The highest BCUT2D eigenvalue weighted by Gasteiger charge is 2.17. The Morgan fingerprint density at radius 1 is 1.00 bits per heavy atom. The molecule has 0 radical (unpaired) electrons. The van der Waals surface area contributed by atoms with Crippen LogP contribution >= 0.6 is 34.8 Å². The molecule has 3 N–H and O–H groups in total. The van der Waals surface area contributed by atoms with Crippen molar-refractivity contribution in [2.24, 2.45) is 5.73 Å². The van der Waals surface area contributed by atoms with Gasteiger partial charge < -0.3 is 4.74 Å². The summed E-state index contributed by atoms with van der Waals surface area (Å²) in [7, 11) is 0. The highest BCUT2D eigenvalue weighted by atomic mass is 35.5. The Bertz CT molecular complexity index is 1090. The summed E-state index contributed by atoms with van der Waals surface area (Å²) in [4.78, 5) is 8.01. The summed E-state index contributed by atoms with van der Waals surface area (Å²) < 4.78 is 5.85. The van der Waals surface area contributed by atoms with Gasteiger partial charge in [0, 0.05) is 35.1 Å². The van der Waals surface area contributed by atoms with Crippen LogP contribution in [0, 0.1) is 0 Å². The molecule has 27 heavy (non-hydrogen) atoms. The number of hydrogen-bond donors (Lipinski definition) is 2. The maximum atomic E-state index is 6.15. The first-order chi connectivity index (χ1) is 13.0. The predicted molar refractivity (Wildman–Crippen MR) is 106 cm³/mol. The lowest BCUT2D eigenvalue weighted by Gasteiger charge is -2.17. The van der Waals surface area contributed by atoms with Gasteiger partial charge in [0.1, 0.15) is 16.6 Å². The Labute approximate surface area is 169 Å². The summed E-state index contributed by atoms with van der Waals surface area (Å²) in [6.45, 7) is 0. The average Bonchev–Trinajstić information content (AvgIpc) is 3.05. The summed E-state index contributed by atoms with van der Waals surface area (Å²) in [5, 5.41) is 9.29. The highest BCUT2D eigenvalue weighted by molar-refractivity contribution is 6.35. The predicted octanol–water partition coefficient (Wildman–Crippen LogP) is 5.02. The van der Waals surface area contributed by atoms with Crippen LogP contribution in [0.1, 0.15) is 11.8 Å². The molecule has 0 unspecified atom stereocenters. The Morgan fingerprint density at radius 2 is 1.78 bits per heavy atom. The van der Waals surface area contributed by atoms with Gasteiger partial charge in [0.05, 0.1) is 15.6 Å². The number of nitrogens with two attached hydrogens (primary N) is 1.